The Morgan fingerprint density at radius 2 is 0.844 bits per heavy atom. The summed E-state index contributed by atoms with van der Waals surface area (Å²) < 4.78 is 0. The van der Waals surface area contributed by atoms with E-state index in [-0.39, 0.29) is 39.3 Å². The minimum absolute atomic E-state index is 0.0234. The van der Waals surface area contributed by atoms with Gasteiger partial charge in [0, 0.05) is 34.0 Å². The summed E-state index contributed by atoms with van der Waals surface area (Å²) in [6, 6.07) is 43.5. The maximum Gasteiger partial charge on any atom is 0.333 e. The first kappa shape index (κ1) is 41.7. The van der Waals surface area contributed by atoms with E-state index < -0.39 is 0 Å². The van der Waals surface area contributed by atoms with Gasteiger partial charge in [0.15, 0.2) is 0 Å². The molecule has 0 aromatic heterocycles. The van der Waals surface area contributed by atoms with Crippen LogP contribution in [-0.2, 0) is 32.5 Å². The van der Waals surface area contributed by atoms with Crippen LogP contribution in [0.2, 0.25) is 0 Å². The van der Waals surface area contributed by atoms with Crippen LogP contribution in [0.25, 0.3) is 22.3 Å². The number of anilines is 5. The van der Waals surface area contributed by atoms with Gasteiger partial charge in [-0.25, -0.2) is 0 Å². The molecule has 3 heteroatoms. The van der Waals surface area contributed by atoms with Crippen LogP contribution in [0, 0.1) is 6.92 Å². The Kier molecular flexibility index (Phi) is 8.81. The molecule has 0 N–H and O–H groups in total. The van der Waals surface area contributed by atoms with Crippen molar-refractivity contribution >= 4 is 46.2 Å². The Balaban J connectivity index is 1.25. The molecule has 2 aliphatic heterocycles. The molecular formula is C61H69BN2. The fraction of sp³-hybridized carbons (Fsp3) is 0.410. The number of aryl methyl sites for hydroxylation is 1. The molecule has 11 rings (SSSR count). The summed E-state index contributed by atoms with van der Waals surface area (Å²) in [6.45, 7) is 32.1. The molecule has 5 aliphatic rings. The lowest BCUT2D eigenvalue weighted by Crippen LogP contribution is -2.62. The van der Waals surface area contributed by atoms with E-state index in [4.69, 9.17) is 0 Å². The Hall–Kier alpha value is -5.02. The number of fused-ring (bicyclic) bond motifs is 7. The lowest BCUT2D eigenvalue weighted by Gasteiger charge is -2.50. The van der Waals surface area contributed by atoms with Crippen molar-refractivity contribution in [3.05, 3.63) is 148 Å². The van der Waals surface area contributed by atoms with E-state index >= 15 is 0 Å². The number of hydrogen-bond acceptors (Lipinski definition) is 2. The molecule has 0 saturated heterocycles. The molecule has 0 atom stereocenters. The highest BCUT2D eigenvalue weighted by Crippen LogP contribution is 2.56. The average Bonchev–Trinajstić information content (AvgIpc) is 3.26. The standard InChI is InChI=1S/C61H69BN2/c1-38-32-44-47(59(8,9)29-26-56(44,2)3)35-52(38)63-51-21-17-20-42-43-33-45-48(60(10,11)30-27-57(45,4)5)36-53(43)64(41-24-22-40(23-25-41)39-18-15-14-16-19-39)62(55(42)51)50-34-46-49(37-54(50)63)61(12,13)31-28-58(46,6)7/h14-25,32-37H,26-31H2,1-13H3. The molecule has 0 fully saturated rings. The summed E-state index contributed by atoms with van der Waals surface area (Å²) in [5.41, 5.74) is 25.6. The summed E-state index contributed by atoms with van der Waals surface area (Å²) in [5.74, 6) is 0. The van der Waals surface area contributed by atoms with Gasteiger partial charge in [0.2, 0.25) is 0 Å². The molecule has 0 saturated carbocycles. The highest BCUT2D eigenvalue weighted by Gasteiger charge is 2.49. The van der Waals surface area contributed by atoms with Crippen LogP contribution in [0.3, 0.4) is 0 Å². The molecule has 6 aromatic rings. The number of nitrogens with zero attached hydrogens (tertiary/aromatic N) is 2. The first-order valence-corrected chi connectivity index (χ1v) is 24.5. The predicted molar refractivity (Wildman–Crippen MR) is 276 cm³/mol. The second kappa shape index (κ2) is 13.5. The topological polar surface area (TPSA) is 6.48 Å². The summed E-state index contributed by atoms with van der Waals surface area (Å²) in [6.07, 6.45) is 7.14. The van der Waals surface area contributed by atoms with Crippen LogP contribution in [-0.4, -0.2) is 6.85 Å². The third-order valence-corrected chi connectivity index (χ3v) is 17.6. The summed E-state index contributed by atoms with van der Waals surface area (Å²) in [4.78, 5) is 5.49. The summed E-state index contributed by atoms with van der Waals surface area (Å²) in [7, 11) is 0. The van der Waals surface area contributed by atoms with Crippen molar-refractivity contribution in [3.63, 3.8) is 0 Å². The van der Waals surface area contributed by atoms with Crippen molar-refractivity contribution in [1.82, 2.24) is 0 Å². The zero-order chi connectivity index (χ0) is 45.1. The third kappa shape index (κ3) is 6.04. The van der Waals surface area contributed by atoms with Crippen LogP contribution < -0.4 is 20.6 Å². The van der Waals surface area contributed by atoms with Gasteiger partial charge in [-0.2, -0.15) is 0 Å². The Morgan fingerprint density at radius 1 is 0.391 bits per heavy atom. The van der Waals surface area contributed by atoms with E-state index in [1.807, 2.05) is 0 Å². The van der Waals surface area contributed by atoms with Crippen molar-refractivity contribution in [1.29, 1.82) is 0 Å². The predicted octanol–water partition coefficient (Wildman–Crippen LogP) is 15.4. The molecule has 326 valence electrons. The zero-order valence-corrected chi connectivity index (χ0v) is 41.1. The Morgan fingerprint density at radius 3 is 1.39 bits per heavy atom. The normalized spacial score (nSPS) is 20.9. The summed E-state index contributed by atoms with van der Waals surface area (Å²) >= 11 is 0. The van der Waals surface area contributed by atoms with E-state index in [1.54, 1.807) is 0 Å². The summed E-state index contributed by atoms with van der Waals surface area (Å²) in [5, 5.41) is 0. The van der Waals surface area contributed by atoms with Gasteiger partial charge in [0.1, 0.15) is 0 Å². The quantitative estimate of drug-likeness (QED) is 0.164. The molecule has 0 spiro atoms. The lowest BCUT2D eigenvalue weighted by molar-refractivity contribution is 0.331. The molecule has 0 radical (unpaired) electrons. The second-order valence-corrected chi connectivity index (χ2v) is 24.6. The van der Waals surface area contributed by atoms with Crippen molar-refractivity contribution < 1.29 is 0 Å². The fourth-order valence-corrected chi connectivity index (χ4v) is 13.0. The van der Waals surface area contributed by atoms with Crippen LogP contribution >= 0.6 is 0 Å². The van der Waals surface area contributed by atoms with Gasteiger partial charge in [0.05, 0.1) is 0 Å². The molecule has 0 amide bonds. The second-order valence-electron chi connectivity index (χ2n) is 24.6. The molecule has 2 heterocycles. The number of rotatable bonds is 3. The third-order valence-electron chi connectivity index (χ3n) is 17.6. The van der Waals surface area contributed by atoms with Crippen molar-refractivity contribution in [2.24, 2.45) is 0 Å². The molecule has 2 nitrogen and oxygen atoms in total. The highest BCUT2D eigenvalue weighted by atomic mass is 15.2. The molecule has 6 aromatic carbocycles. The highest BCUT2D eigenvalue weighted by molar-refractivity contribution is 6.93. The molecule has 0 bridgehead atoms. The first-order chi connectivity index (χ1) is 30.1. The smallest absolute Gasteiger partial charge is 0.333 e. The van der Waals surface area contributed by atoms with Gasteiger partial charge >= 0.3 is 6.85 Å². The van der Waals surface area contributed by atoms with Gasteiger partial charge in [-0.15, -0.1) is 0 Å². The fourth-order valence-electron chi connectivity index (χ4n) is 13.0. The average molecular weight is 841 g/mol. The van der Waals surface area contributed by atoms with Crippen molar-refractivity contribution in [2.75, 3.05) is 9.71 Å². The minimum Gasteiger partial charge on any atom is -0.376 e. The van der Waals surface area contributed by atoms with Gasteiger partial charge in [0.25, 0.3) is 0 Å². The number of hydrogen-bond donors (Lipinski definition) is 0. The van der Waals surface area contributed by atoms with Gasteiger partial charge in [-0.1, -0.05) is 150 Å². The van der Waals surface area contributed by atoms with E-state index in [0.717, 1.165) is 0 Å². The Bertz CT molecular complexity index is 2910. The van der Waals surface area contributed by atoms with E-state index in [1.165, 1.54) is 139 Å². The maximum absolute atomic E-state index is 2.77. The van der Waals surface area contributed by atoms with Crippen LogP contribution in [0.1, 0.15) is 161 Å². The largest absolute Gasteiger partial charge is 0.376 e. The molecular weight excluding hydrogens is 771 g/mol. The molecule has 3 aliphatic carbocycles. The van der Waals surface area contributed by atoms with Crippen molar-refractivity contribution in [2.45, 2.75) is 161 Å². The van der Waals surface area contributed by atoms with Gasteiger partial charge in [-0.3, -0.25) is 0 Å². The lowest BCUT2D eigenvalue weighted by atomic mass is 9.42. The maximum atomic E-state index is 2.77. The van der Waals surface area contributed by atoms with E-state index in [9.17, 15) is 0 Å². The molecule has 0 unspecified atom stereocenters. The van der Waals surface area contributed by atoms with Crippen molar-refractivity contribution in [3.8, 4) is 22.3 Å². The van der Waals surface area contributed by atoms with Gasteiger partial charge in [-0.05, 0) is 187 Å². The van der Waals surface area contributed by atoms with E-state index in [0.29, 0.717) is 0 Å². The Labute approximate surface area is 385 Å². The van der Waals surface area contributed by atoms with Crippen LogP contribution in [0.4, 0.5) is 28.4 Å². The monoisotopic (exact) mass is 841 g/mol. The minimum atomic E-state index is -0.0234. The number of benzene rings is 6. The zero-order valence-electron chi connectivity index (χ0n) is 41.1. The SMILES string of the molecule is Cc1cc2c(cc1N1c3cc4c(cc3B3c5c(cccc51)-c1cc5c(cc1N3c1ccc(-c3ccccc3)cc1)C(C)(C)CCC5(C)C)C(C)(C)CCC4(C)C)C(C)(C)CCC2(C)C. The van der Waals surface area contributed by atoms with Crippen LogP contribution in [0.15, 0.2) is 109 Å². The first-order valence-electron chi connectivity index (χ1n) is 24.5. The van der Waals surface area contributed by atoms with Crippen LogP contribution in [0.5, 0.6) is 0 Å². The van der Waals surface area contributed by atoms with Gasteiger partial charge < -0.3 is 9.71 Å². The molecule has 64 heavy (non-hydrogen) atoms. The van der Waals surface area contributed by atoms with E-state index in [2.05, 4.69) is 209 Å².